The molecule has 28 heavy (non-hydrogen) atoms. The van der Waals surface area contributed by atoms with Crippen molar-refractivity contribution in [1.82, 2.24) is 0 Å². The fourth-order valence-corrected chi connectivity index (χ4v) is 3.63. The average molecular weight is 422 g/mol. The van der Waals surface area contributed by atoms with Gasteiger partial charge < -0.3 is 15.2 Å². The van der Waals surface area contributed by atoms with Crippen LogP contribution in [-0.4, -0.2) is 35.1 Å². The molecule has 0 aliphatic rings. The van der Waals surface area contributed by atoms with Crippen molar-refractivity contribution in [2.45, 2.75) is 31.9 Å². The van der Waals surface area contributed by atoms with E-state index in [4.69, 9.17) is 16.3 Å². The zero-order chi connectivity index (χ0) is 20.7. The molecule has 0 radical (unpaired) electrons. The van der Waals surface area contributed by atoms with Gasteiger partial charge in [0.2, 0.25) is 5.91 Å². The number of carboxylic acids is 1. The fraction of sp³-hybridized carbons (Fsp3) is 0.333. The van der Waals surface area contributed by atoms with Crippen LogP contribution in [0.15, 0.2) is 36.4 Å². The summed E-state index contributed by atoms with van der Waals surface area (Å²) in [4.78, 5) is 23.8. The van der Waals surface area contributed by atoms with Gasteiger partial charge in [0.1, 0.15) is 11.0 Å². The van der Waals surface area contributed by atoms with Gasteiger partial charge in [0.25, 0.3) is 0 Å². The summed E-state index contributed by atoms with van der Waals surface area (Å²) in [5.74, 6) is -0.699. The van der Waals surface area contributed by atoms with Crippen molar-refractivity contribution < 1.29 is 19.4 Å². The van der Waals surface area contributed by atoms with Crippen LogP contribution in [-0.2, 0) is 16.0 Å². The molecule has 2 aromatic carbocycles. The molecule has 2 N–H and O–H groups in total. The number of carboxylic acid groups (broad SMARTS) is 1. The van der Waals surface area contributed by atoms with E-state index in [1.54, 1.807) is 12.1 Å². The van der Waals surface area contributed by atoms with Crippen molar-refractivity contribution in [1.29, 1.82) is 0 Å². The predicted octanol–water partition coefficient (Wildman–Crippen LogP) is 4.72. The molecule has 0 bridgehead atoms. The van der Waals surface area contributed by atoms with E-state index < -0.39 is 11.2 Å². The Labute approximate surface area is 174 Å². The van der Waals surface area contributed by atoms with Gasteiger partial charge in [-0.25, -0.2) is 0 Å². The number of anilines is 1. The second-order valence-electron chi connectivity index (χ2n) is 6.51. The molecule has 2 rings (SSSR count). The topological polar surface area (TPSA) is 75.6 Å². The highest BCUT2D eigenvalue weighted by molar-refractivity contribution is 8.01. The number of benzene rings is 2. The second-order valence-corrected chi connectivity index (χ2v) is 8.11. The molecule has 0 fully saturated rings. The SMILES string of the molecule is COc1cc(Cl)c(C)cc1NC(=O)CSC(CCc1ccc(C)cc1)C(=O)O. The molecular weight excluding hydrogens is 398 g/mol. The van der Waals surface area contributed by atoms with Gasteiger partial charge in [-0.2, -0.15) is 0 Å². The molecule has 5 nitrogen and oxygen atoms in total. The Morgan fingerprint density at radius 1 is 1.21 bits per heavy atom. The summed E-state index contributed by atoms with van der Waals surface area (Å²) in [5.41, 5.74) is 3.58. The number of hydrogen-bond acceptors (Lipinski definition) is 4. The van der Waals surface area contributed by atoms with E-state index in [2.05, 4.69) is 5.32 Å². The van der Waals surface area contributed by atoms with E-state index >= 15 is 0 Å². The molecule has 1 atom stereocenters. The Balaban J connectivity index is 1.92. The molecule has 0 aliphatic heterocycles. The quantitative estimate of drug-likeness (QED) is 0.612. The lowest BCUT2D eigenvalue weighted by atomic mass is 10.1. The number of thioether (sulfide) groups is 1. The Morgan fingerprint density at radius 2 is 1.89 bits per heavy atom. The summed E-state index contributed by atoms with van der Waals surface area (Å²) in [6.07, 6.45) is 1.11. The standard InChI is InChI=1S/C21H24ClNO4S/c1-13-4-6-15(7-5-13)8-9-19(21(25)26)28-12-20(24)23-17-10-14(2)16(22)11-18(17)27-3/h4-7,10-11,19H,8-9,12H2,1-3H3,(H,23,24)(H,25,26). The summed E-state index contributed by atoms with van der Waals surface area (Å²) in [7, 11) is 1.50. The lowest BCUT2D eigenvalue weighted by Gasteiger charge is -2.14. The van der Waals surface area contributed by atoms with Crippen LogP contribution in [0.2, 0.25) is 5.02 Å². The Bertz CT molecular complexity index is 839. The monoisotopic (exact) mass is 421 g/mol. The second kappa shape index (κ2) is 10.4. The highest BCUT2D eigenvalue weighted by Crippen LogP contribution is 2.31. The maximum absolute atomic E-state index is 12.3. The number of rotatable bonds is 9. The minimum Gasteiger partial charge on any atom is -0.495 e. The molecule has 7 heteroatoms. The van der Waals surface area contributed by atoms with Gasteiger partial charge in [-0.1, -0.05) is 41.4 Å². The number of amides is 1. The first-order valence-electron chi connectivity index (χ1n) is 8.84. The number of halogens is 1. The van der Waals surface area contributed by atoms with Gasteiger partial charge in [0.05, 0.1) is 18.6 Å². The number of aliphatic carboxylic acids is 1. The van der Waals surface area contributed by atoms with Crippen LogP contribution in [0.5, 0.6) is 5.75 Å². The van der Waals surface area contributed by atoms with Crippen LogP contribution in [0.25, 0.3) is 0 Å². The molecule has 0 spiro atoms. The van der Waals surface area contributed by atoms with E-state index in [0.29, 0.717) is 29.3 Å². The van der Waals surface area contributed by atoms with Gasteiger partial charge >= 0.3 is 5.97 Å². The van der Waals surface area contributed by atoms with Crippen LogP contribution in [0.4, 0.5) is 5.69 Å². The third kappa shape index (κ3) is 6.46. The Hall–Kier alpha value is -2.18. The molecule has 0 saturated heterocycles. The number of carbonyl (C=O) groups excluding carboxylic acids is 1. The predicted molar refractivity (Wildman–Crippen MR) is 115 cm³/mol. The van der Waals surface area contributed by atoms with E-state index in [1.807, 2.05) is 38.1 Å². The van der Waals surface area contributed by atoms with Crippen LogP contribution in [0, 0.1) is 13.8 Å². The van der Waals surface area contributed by atoms with Gasteiger partial charge in [0, 0.05) is 11.1 Å². The highest BCUT2D eigenvalue weighted by Gasteiger charge is 2.20. The molecule has 150 valence electrons. The van der Waals surface area contributed by atoms with Crippen LogP contribution in [0.3, 0.4) is 0 Å². The third-order valence-electron chi connectivity index (χ3n) is 4.26. The summed E-state index contributed by atoms with van der Waals surface area (Å²) >= 11 is 7.19. The fourth-order valence-electron chi connectivity index (χ4n) is 2.62. The summed E-state index contributed by atoms with van der Waals surface area (Å²) < 4.78 is 5.24. The van der Waals surface area contributed by atoms with Crippen molar-refractivity contribution in [2.75, 3.05) is 18.2 Å². The van der Waals surface area contributed by atoms with Gasteiger partial charge in [-0.3, -0.25) is 9.59 Å². The lowest BCUT2D eigenvalue weighted by Crippen LogP contribution is -2.22. The highest BCUT2D eigenvalue weighted by atomic mass is 35.5. The Kier molecular flexibility index (Phi) is 8.20. The van der Waals surface area contributed by atoms with Crippen LogP contribution in [0.1, 0.15) is 23.1 Å². The zero-order valence-corrected chi connectivity index (χ0v) is 17.7. The number of aryl methyl sites for hydroxylation is 3. The molecule has 1 unspecified atom stereocenters. The van der Waals surface area contributed by atoms with Crippen molar-refractivity contribution in [3.05, 3.63) is 58.1 Å². The zero-order valence-electron chi connectivity index (χ0n) is 16.1. The lowest BCUT2D eigenvalue weighted by molar-refractivity contribution is -0.136. The Morgan fingerprint density at radius 3 is 2.50 bits per heavy atom. The van der Waals surface area contributed by atoms with E-state index in [-0.39, 0.29) is 11.7 Å². The number of carbonyl (C=O) groups is 2. The smallest absolute Gasteiger partial charge is 0.316 e. The van der Waals surface area contributed by atoms with E-state index in [1.165, 1.54) is 7.11 Å². The maximum Gasteiger partial charge on any atom is 0.316 e. The molecule has 2 aromatic rings. The van der Waals surface area contributed by atoms with Gasteiger partial charge in [-0.15, -0.1) is 11.8 Å². The van der Waals surface area contributed by atoms with Gasteiger partial charge in [-0.05, 0) is 43.9 Å². The van der Waals surface area contributed by atoms with Crippen molar-refractivity contribution >= 4 is 40.9 Å². The normalized spacial score (nSPS) is 11.7. The largest absolute Gasteiger partial charge is 0.495 e. The molecule has 0 aliphatic carbocycles. The number of hydrogen-bond donors (Lipinski definition) is 2. The minimum atomic E-state index is -0.912. The van der Waals surface area contributed by atoms with Crippen LogP contribution < -0.4 is 10.1 Å². The van der Waals surface area contributed by atoms with Crippen molar-refractivity contribution in [2.24, 2.45) is 0 Å². The van der Waals surface area contributed by atoms with Crippen molar-refractivity contribution in [3.63, 3.8) is 0 Å². The maximum atomic E-state index is 12.3. The van der Waals surface area contributed by atoms with Crippen LogP contribution >= 0.6 is 23.4 Å². The first-order valence-corrected chi connectivity index (χ1v) is 10.3. The van der Waals surface area contributed by atoms with E-state index in [0.717, 1.165) is 28.5 Å². The number of ether oxygens (including phenoxy) is 1. The first-order chi connectivity index (χ1) is 13.3. The summed E-state index contributed by atoms with van der Waals surface area (Å²) in [6.45, 7) is 3.84. The first kappa shape index (κ1) is 22.1. The number of nitrogens with one attached hydrogen (secondary N) is 1. The third-order valence-corrected chi connectivity index (χ3v) is 5.94. The molecular formula is C21H24ClNO4S. The summed E-state index contributed by atoms with van der Waals surface area (Å²) in [5, 5.41) is 12.1. The summed E-state index contributed by atoms with van der Waals surface area (Å²) in [6, 6.07) is 11.4. The van der Waals surface area contributed by atoms with E-state index in [9.17, 15) is 14.7 Å². The molecule has 0 heterocycles. The van der Waals surface area contributed by atoms with Gasteiger partial charge in [0.15, 0.2) is 0 Å². The number of methoxy groups -OCH3 is 1. The molecule has 1 amide bonds. The molecule has 0 saturated carbocycles. The van der Waals surface area contributed by atoms with Crippen molar-refractivity contribution in [3.8, 4) is 5.75 Å². The average Bonchev–Trinajstić information content (AvgIpc) is 2.65. The minimum absolute atomic E-state index is 0.0374. The molecule has 0 aromatic heterocycles.